The summed E-state index contributed by atoms with van der Waals surface area (Å²) >= 11 is 0. The standard InChI is InChI=1S/C15H22N2O3.ClH/c1-10(2)12-5-7-13(8-6-12)16-14(18)9-17(4)11(3)15(19)20;/h5-8,10-11H,9H2,1-4H3,(H,16,18)(H,19,20);1H. The van der Waals surface area contributed by atoms with Crippen LogP contribution < -0.4 is 5.32 Å². The van der Waals surface area contributed by atoms with Crippen molar-refractivity contribution in [2.24, 2.45) is 0 Å². The van der Waals surface area contributed by atoms with Gasteiger partial charge < -0.3 is 10.4 Å². The number of benzene rings is 1. The zero-order valence-electron chi connectivity index (χ0n) is 12.8. The summed E-state index contributed by atoms with van der Waals surface area (Å²) in [6, 6.07) is 6.97. The molecular formula is C15H23ClN2O3. The lowest BCUT2D eigenvalue weighted by Gasteiger charge is -2.20. The molecule has 5 nitrogen and oxygen atoms in total. The number of halogens is 1. The maximum atomic E-state index is 11.8. The van der Waals surface area contributed by atoms with Crippen LogP contribution in [0, 0.1) is 0 Å². The molecule has 21 heavy (non-hydrogen) atoms. The van der Waals surface area contributed by atoms with E-state index in [0.29, 0.717) is 5.92 Å². The molecule has 0 fully saturated rings. The Kier molecular flexibility index (Phi) is 7.99. The van der Waals surface area contributed by atoms with Crippen molar-refractivity contribution < 1.29 is 14.7 Å². The molecule has 6 heteroatoms. The number of rotatable bonds is 6. The van der Waals surface area contributed by atoms with Crippen molar-refractivity contribution in [3.05, 3.63) is 29.8 Å². The molecule has 0 heterocycles. The molecule has 1 unspecified atom stereocenters. The topological polar surface area (TPSA) is 69.6 Å². The number of carbonyl (C=O) groups excluding carboxylic acids is 1. The molecule has 0 saturated carbocycles. The summed E-state index contributed by atoms with van der Waals surface area (Å²) in [6.07, 6.45) is 0. The third kappa shape index (κ3) is 6.14. The molecule has 0 radical (unpaired) electrons. The first-order valence-corrected chi connectivity index (χ1v) is 6.64. The molecule has 1 aromatic rings. The molecule has 0 aromatic heterocycles. The molecule has 1 aromatic carbocycles. The van der Waals surface area contributed by atoms with E-state index >= 15 is 0 Å². The third-order valence-electron chi connectivity index (χ3n) is 3.27. The van der Waals surface area contributed by atoms with E-state index in [1.54, 1.807) is 14.0 Å². The van der Waals surface area contributed by atoms with Crippen molar-refractivity contribution >= 4 is 30.0 Å². The molecule has 0 spiro atoms. The van der Waals surface area contributed by atoms with Gasteiger partial charge in [-0.1, -0.05) is 26.0 Å². The van der Waals surface area contributed by atoms with Crippen molar-refractivity contribution in [1.29, 1.82) is 0 Å². The van der Waals surface area contributed by atoms with Gasteiger partial charge in [-0.05, 0) is 37.6 Å². The highest BCUT2D eigenvalue weighted by atomic mass is 35.5. The molecule has 0 aliphatic rings. The maximum Gasteiger partial charge on any atom is 0.320 e. The van der Waals surface area contributed by atoms with Gasteiger partial charge >= 0.3 is 5.97 Å². The van der Waals surface area contributed by atoms with Gasteiger partial charge in [0.15, 0.2) is 0 Å². The van der Waals surface area contributed by atoms with Crippen LogP contribution in [0.2, 0.25) is 0 Å². The molecule has 0 saturated heterocycles. The van der Waals surface area contributed by atoms with Crippen LogP contribution >= 0.6 is 12.4 Å². The highest BCUT2D eigenvalue weighted by Gasteiger charge is 2.18. The minimum atomic E-state index is -0.943. The van der Waals surface area contributed by atoms with E-state index in [0.717, 1.165) is 5.69 Å². The first-order chi connectivity index (χ1) is 9.31. The molecule has 0 bridgehead atoms. The number of nitrogens with one attached hydrogen (secondary N) is 1. The number of carboxylic acid groups (broad SMARTS) is 1. The number of hydrogen-bond acceptors (Lipinski definition) is 3. The molecule has 118 valence electrons. The van der Waals surface area contributed by atoms with Gasteiger partial charge in [-0.15, -0.1) is 12.4 Å². The summed E-state index contributed by atoms with van der Waals surface area (Å²) in [4.78, 5) is 24.1. The summed E-state index contributed by atoms with van der Waals surface area (Å²) in [7, 11) is 1.61. The maximum absolute atomic E-state index is 11.8. The van der Waals surface area contributed by atoms with Crippen LogP contribution in [0.5, 0.6) is 0 Å². The first kappa shape index (κ1) is 19.4. The Labute approximate surface area is 131 Å². The molecule has 0 aliphatic heterocycles. The number of anilines is 1. The third-order valence-corrected chi connectivity index (χ3v) is 3.27. The highest BCUT2D eigenvalue weighted by Crippen LogP contribution is 2.17. The summed E-state index contributed by atoms with van der Waals surface area (Å²) in [5, 5.41) is 11.6. The quantitative estimate of drug-likeness (QED) is 0.846. The van der Waals surface area contributed by atoms with E-state index in [4.69, 9.17) is 5.11 Å². The second-order valence-electron chi connectivity index (χ2n) is 5.25. The summed E-state index contributed by atoms with van der Waals surface area (Å²) in [5.41, 5.74) is 1.93. The van der Waals surface area contributed by atoms with E-state index in [1.165, 1.54) is 10.5 Å². The summed E-state index contributed by atoms with van der Waals surface area (Å²) in [6.45, 7) is 5.80. The first-order valence-electron chi connectivity index (χ1n) is 6.64. The fourth-order valence-electron chi connectivity index (χ4n) is 1.70. The van der Waals surface area contributed by atoms with Crippen LogP contribution in [-0.4, -0.2) is 41.5 Å². The monoisotopic (exact) mass is 314 g/mol. The highest BCUT2D eigenvalue weighted by molar-refractivity contribution is 5.92. The Morgan fingerprint density at radius 3 is 2.14 bits per heavy atom. The SMILES string of the molecule is CC(C)c1ccc(NC(=O)CN(C)C(C)C(=O)O)cc1.Cl. The zero-order chi connectivity index (χ0) is 15.3. The van der Waals surface area contributed by atoms with Crippen LogP contribution in [0.15, 0.2) is 24.3 Å². The number of aliphatic carboxylic acids is 1. The minimum absolute atomic E-state index is 0. The Bertz CT molecular complexity index is 474. The lowest BCUT2D eigenvalue weighted by atomic mass is 10.0. The van der Waals surface area contributed by atoms with Gasteiger partial charge in [0.1, 0.15) is 6.04 Å². The number of nitrogens with zero attached hydrogens (tertiary/aromatic N) is 1. The minimum Gasteiger partial charge on any atom is -0.480 e. The van der Waals surface area contributed by atoms with E-state index in [9.17, 15) is 9.59 Å². The lowest BCUT2D eigenvalue weighted by Crippen LogP contribution is -2.40. The van der Waals surface area contributed by atoms with Gasteiger partial charge in [-0.3, -0.25) is 14.5 Å². The van der Waals surface area contributed by atoms with Crippen LogP contribution in [0.4, 0.5) is 5.69 Å². The van der Waals surface area contributed by atoms with E-state index in [1.807, 2.05) is 24.3 Å². The van der Waals surface area contributed by atoms with Crippen molar-refractivity contribution in [2.75, 3.05) is 18.9 Å². The Morgan fingerprint density at radius 2 is 1.71 bits per heavy atom. The number of carbonyl (C=O) groups is 2. The van der Waals surface area contributed by atoms with Gasteiger partial charge in [0, 0.05) is 5.69 Å². The number of carboxylic acids is 1. The van der Waals surface area contributed by atoms with Crippen molar-refractivity contribution in [3.8, 4) is 0 Å². The Hall–Kier alpha value is -1.59. The van der Waals surface area contributed by atoms with Gasteiger partial charge in [-0.2, -0.15) is 0 Å². The predicted octanol–water partition coefficient (Wildman–Crippen LogP) is 2.58. The molecule has 1 rings (SSSR count). The van der Waals surface area contributed by atoms with Crippen LogP contribution in [0.25, 0.3) is 0 Å². The molecule has 1 amide bonds. The van der Waals surface area contributed by atoms with Gasteiger partial charge in [0.05, 0.1) is 6.54 Å². The zero-order valence-corrected chi connectivity index (χ0v) is 13.6. The van der Waals surface area contributed by atoms with Crippen LogP contribution in [0.3, 0.4) is 0 Å². The molecule has 0 aliphatic carbocycles. The average molecular weight is 315 g/mol. The molecule has 2 N–H and O–H groups in total. The fraction of sp³-hybridized carbons (Fsp3) is 0.467. The number of hydrogen-bond donors (Lipinski definition) is 2. The Balaban J connectivity index is 0.00000400. The fourth-order valence-corrected chi connectivity index (χ4v) is 1.70. The van der Waals surface area contributed by atoms with Crippen molar-refractivity contribution in [1.82, 2.24) is 4.90 Å². The van der Waals surface area contributed by atoms with Crippen molar-refractivity contribution in [3.63, 3.8) is 0 Å². The van der Waals surface area contributed by atoms with Gasteiger partial charge in [-0.25, -0.2) is 0 Å². The Morgan fingerprint density at radius 1 is 1.19 bits per heavy atom. The summed E-state index contributed by atoms with van der Waals surface area (Å²) < 4.78 is 0. The van der Waals surface area contributed by atoms with Crippen LogP contribution in [-0.2, 0) is 9.59 Å². The van der Waals surface area contributed by atoms with Crippen molar-refractivity contribution in [2.45, 2.75) is 32.7 Å². The average Bonchev–Trinajstić information content (AvgIpc) is 2.37. The molecular weight excluding hydrogens is 292 g/mol. The largest absolute Gasteiger partial charge is 0.480 e. The second kappa shape index (κ2) is 8.64. The second-order valence-corrected chi connectivity index (χ2v) is 5.25. The lowest BCUT2D eigenvalue weighted by molar-refractivity contribution is -0.142. The van der Waals surface area contributed by atoms with E-state index < -0.39 is 12.0 Å². The summed E-state index contributed by atoms with van der Waals surface area (Å²) in [5.74, 6) is -0.721. The van der Waals surface area contributed by atoms with Gasteiger partial charge in [0.2, 0.25) is 5.91 Å². The van der Waals surface area contributed by atoms with Crippen LogP contribution in [0.1, 0.15) is 32.3 Å². The van der Waals surface area contributed by atoms with Gasteiger partial charge in [0.25, 0.3) is 0 Å². The molecule has 1 atom stereocenters. The van der Waals surface area contributed by atoms with E-state index in [-0.39, 0.29) is 24.9 Å². The number of amides is 1. The van der Waals surface area contributed by atoms with E-state index in [2.05, 4.69) is 19.2 Å². The smallest absolute Gasteiger partial charge is 0.320 e. The number of likely N-dealkylation sites (N-methyl/N-ethyl adjacent to an activating group) is 1. The normalized spacial score (nSPS) is 11.9. The predicted molar refractivity (Wildman–Crippen MR) is 86.1 cm³/mol.